The van der Waals surface area contributed by atoms with E-state index in [4.69, 9.17) is 11.6 Å². The van der Waals surface area contributed by atoms with Crippen LogP contribution in [0.4, 0.5) is 11.6 Å². The van der Waals surface area contributed by atoms with Crippen molar-refractivity contribution in [2.75, 3.05) is 10.6 Å². The molecule has 0 aliphatic rings. The second kappa shape index (κ2) is 15.6. The Morgan fingerprint density at radius 3 is 1.49 bits per heavy atom. The number of pyridine rings is 2. The van der Waals surface area contributed by atoms with Crippen molar-refractivity contribution in [2.24, 2.45) is 0 Å². The molecule has 246 valence electrons. The zero-order valence-electron chi connectivity index (χ0n) is 27.3. The fourth-order valence-corrected chi connectivity index (χ4v) is 5.89. The van der Waals surface area contributed by atoms with Crippen molar-refractivity contribution in [1.29, 1.82) is 5.26 Å². The zero-order chi connectivity index (χ0) is 34.8. The molecule has 0 amide bonds. The Morgan fingerprint density at radius 2 is 1.00 bits per heavy atom. The van der Waals surface area contributed by atoms with Gasteiger partial charge in [-0.05, 0) is 70.3 Å². The molecule has 2 N–H and O–H groups in total. The number of fused-ring (bicyclic) bond motifs is 2. The van der Waals surface area contributed by atoms with Gasteiger partial charge in [0.15, 0.2) is 0 Å². The van der Waals surface area contributed by atoms with E-state index < -0.39 is 0 Å². The van der Waals surface area contributed by atoms with Gasteiger partial charge in [-0.15, -0.1) is 0 Å². The molecule has 0 saturated heterocycles. The van der Waals surface area contributed by atoms with Crippen LogP contribution in [0.2, 0.25) is 5.28 Å². The minimum absolute atomic E-state index is 0.145. The van der Waals surface area contributed by atoms with Gasteiger partial charge in [0, 0.05) is 12.4 Å². The largest absolute Gasteiger partial charge is 0.364 e. The van der Waals surface area contributed by atoms with Crippen LogP contribution < -0.4 is 10.6 Å². The Labute approximate surface area is 299 Å². The average Bonchev–Trinajstić information content (AvgIpc) is 3.20. The standard InChI is InChI=1S/C21H15N5.C20H15ClN4/c22-13-19-25-18-11-6-10-17(15-7-2-1-3-8-15)20(18)21(26-19)24-14-16-9-4-5-12-23-16;21-20-24-17-11-6-10-16(14-7-2-1-3-8-14)18(17)19(25-20)23-13-15-9-4-5-12-22-15/h1-12H,14H2,(H,24,25,26);1-12H,13H2,(H,23,24,25). The number of nitriles is 1. The van der Waals surface area contributed by atoms with Gasteiger partial charge in [0.2, 0.25) is 11.1 Å². The first-order valence-corrected chi connectivity index (χ1v) is 16.6. The molecule has 0 radical (unpaired) electrons. The van der Waals surface area contributed by atoms with Crippen LogP contribution in [0.1, 0.15) is 17.2 Å². The molecule has 4 aromatic heterocycles. The summed E-state index contributed by atoms with van der Waals surface area (Å²) in [6.07, 6.45) is 3.53. The van der Waals surface area contributed by atoms with Crippen molar-refractivity contribution < 1.29 is 0 Å². The molecule has 0 spiro atoms. The Bertz CT molecular complexity index is 2440. The zero-order valence-corrected chi connectivity index (χ0v) is 28.0. The summed E-state index contributed by atoms with van der Waals surface area (Å²) in [5.41, 5.74) is 7.66. The number of anilines is 2. The van der Waals surface area contributed by atoms with Gasteiger partial charge in [-0.3, -0.25) is 9.97 Å². The third-order valence-electron chi connectivity index (χ3n) is 8.02. The molecule has 0 fully saturated rings. The molecular formula is C41H30ClN9. The number of nitrogens with one attached hydrogen (secondary N) is 2. The van der Waals surface area contributed by atoms with Crippen molar-refractivity contribution in [3.8, 4) is 28.3 Å². The highest BCUT2D eigenvalue weighted by molar-refractivity contribution is 6.29. The van der Waals surface area contributed by atoms with Crippen LogP contribution in [0, 0.1) is 11.3 Å². The van der Waals surface area contributed by atoms with Crippen LogP contribution in [0.15, 0.2) is 146 Å². The Kier molecular flexibility index (Phi) is 10.0. The highest BCUT2D eigenvalue weighted by Crippen LogP contribution is 2.34. The Morgan fingerprint density at radius 1 is 0.510 bits per heavy atom. The van der Waals surface area contributed by atoms with Crippen LogP contribution in [-0.2, 0) is 13.1 Å². The summed E-state index contributed by atoms with van der Waals surface area (Å²) in [4.78, 5) is 26.2. The second-order valence-corrected chi connectivity index (χ2v) is 11.7. The van der Waals surface area contributed by atoms with Gasteiger partial charge in [0.05, 0.1) is 46.3 Å². The fraction of sp³-hybridized carbons (Fsp3) is 0.0488. The van der Waals surface area contributed by atoms with E-state index in [1.54, 1.807) is 12.4 Å². The molecule has 0 atom stereocenters. The van der Waals surface area contributed by atoms with Crippen molar-refractivity contribution in [2.45, 2.75) is 13.1 Å². The molecule has 9 nitrogen and oxygen atoms in total. The van der Waals surface area contributed by atoms with Gasteiger partial charge in [-0.2, -0.15) is 5.26 Å². The molecule has 0 aliphatic heterocycles. The van der Waals surface area contributed by atoms with Crippen LogP contribution in [-0.4, -0.2) is 29.9 Å². The predicted octanol–water partition coefficient (Wildman–Crippen LogP) is 9.13. The molecular weight excluding hydrogens is 654 g/mol. The van der Waals surface area contributed by atoms with Gasteiger partial charge in [-0.25, -0.2) is 19.9 Å². The van der Waals surface area contributed by atoms with E-state index in [-0.39, 0.29) is 11.1 Å². The summed E-state index contributed by atoms with van der Waals surface area (Å²) in [6.45, 7) is 1.08. The molecule has 0 aliphatic carbocycles. The van der Waals surface area contributed by atoms with Gasteiger partial charge < -0.3 is 10.6 Å². The number of aromatic nitrogens is 6. The summed E-state index contributed by atoms with van der Waals surface area (Å²) >= 11 is 6.13. The van der Waals surface area contributed by atoms with E-state index in [2.05, 4.69) is 70.9 Å². The third kappa shape index (κ3) is 7.78. The molecule has 0 bridgehead atoms. The topological polar surface area (TPSA) is 125 Å². The van der Waals surface area contributed by atoms with E-state index >= 15 is 0 Å². The summed E-state index contributed by atoms with van der Waals surface area (Å²) in [5.74, 6) is 1.49. The van der Waals surface area contributed by atoms with E-state index in [1.807, 2.05) is 109 Å². The molecule has 51 heavy (non-hydrogen) atoms. The summed E-state index contributed by atoms with van der Waals surface area (Å²) in [6, 6.07) is 45.8. The highest BCUT2D eigenvalue weighted by Gasteiger charge is 2.14. The monoisotopic (exact) mass is 683 g/mol. The van der Waals surface area contributed by atoms with Crippen LogP contribution in [0.5, 0.6) is 0 Å². The van der Waals surface area contributed by atoms with E-state index in [9.17, 15) is 5.26 Å². The molecule has 8 rings (SSSR count). The van der Waals surface area contributed by atoms with Gasteiger partial charge in [-0.1, -0.05) is 97.1 Å². The molecule has 4 heterocycles. The number of benzene rings is 4. The Hall–Kier alpha value is -6.76. The van der Waals surface area contributed by atoms with Crippen molar-refractivity contribution in [1.82, 2.24) is 29.9 Å². The first-order chi connectivity index (χ1) is 25.2. The minimum atomic E-state index is 0.145. The average molecular weight is 684 g/mol. The fourth-order valence-electron chi connectivity index (χ4n) is 5.71. The maximum Gasteiger partial charge on any atom is 0.234 e. The molecule has 8 aromatic rings. The highest BCUT2D eigenvalue weighted by atomic mass is 35.5. The maximum atomic E-state index is 9.28. The number of nitrogens with zero attached hydrogens (tertiary/aromatic N) is 7. The van der Waals surface area contributed by atoms with Crippen molar-refractivity contribution >= 4 is 45.0 Å². The SMILES string of the molecule is Clc1nc(NCc2ccccn2)c2c(-c3ccccc3)cccc2n1.N#Cc1nc(NCc2ccccn2)c2c(-c3ccccc3)cccc2n1. The lowest BCUT2D eigenvalue weighted by Gasteiger charge is -2.12. The number of hydrogen-bond acceptors (Lipinski definition) is 9. The molecule has 10 heteroatoms. The lowest BCUT2D eigenvalue weighted by molar-refractivity contribution is 1.02. The lowest BCUT2D eigenvalue weighted by atomic mass is 10.0. The van der Waals surface area contributed by atoms with E-state index in [0.717, 1.165) is 55.4 Å². The van der Waals surface area contributed by atoms with Crippen LogP contribution >= 0.6 is 11.6 Å². The molecule has 0 saturated carbocycles. The van der Waals surface area contributed by atoms with Gasteiger partial charge in [0.25, 0.3) is 0 Å². The van der Waals surface area contributed by atoms with Crippen LogP contribution in [0.3, 0.4) is 0 Å². The normalized spacial score (nSPS) is 10.6. The number of halogens is 1. The summed E-state index contributed by atoms with van der Waals surface area (Å²) in [7, 11) is 0. The smallest absolute Gasteiger partial charge is 0.234 e. The maximum absolute atomic E-state index is 9.28. The summed E-state index contributed by atoms with van der Waals surface area (Å²) in [5, 5.41) is 18.0. The predicted molar refractivity (Wildman–Crippen MR) is 203 cm³/mol. The molecule has 4 aromatic carbocycles. The minimum Gasteiger partial charge on any atom is -0.364 e. The van der Waals surface area contributed by atoms with Crippen molar-refractivity contribution in [3.63, 3.8) is 0 Å². The third-order valence-corrected chi connectivity index (χ3v) is 8.18. The van der Waals surface area contributed by atoms with Crippen LogP contribution in [0.25, 0.3) is 44.1 Å². The van der Waals surface area contributed by atoms with E-state index in [1.165, 1.54) is 0 Å². The first-order valence-electron chi connectivity index (χ1n) is 16.2. The van der Waals surface area contributed by atoms with Crippen molar-refractivity contribution in [3.05, 3.63) is 168 Å². The number of rotatable bonds is 8. The summed E-state index contributed by atoms with van der Waals surface area (Å²) < 4.78 is 0. The van der Waals surface area contributed by atoms with Gasteiger partial charge >= 0.3 is 0 Å². The first kappa shape index (κ1) is 32.8. The lowest BCUT2D eigenvalue weighted by Crippen LogP contribution is -2.06. The molecule has 0 unspecified atom stereocenters. The Balaban J connectivity index is 0.000000159. The van der Waals surface area contributed by atoms with Gasteiger partial charge in [0.1, 0.15) is 17.7 Å². The quantitative estimate of drug-likeness (QED) is 0.151. The second-order valence-electron chi connectivity index (χ2n) is 11.3. The number of hydrogen-bond donors (Lipinski definition) is 2. The van der Waals surface area contributed by atoms with E-state index in [0.29, 0.717) is 24.7 Å².